The van der Waals surface area contributed by atoms with Gasteiger partial charge in [0.2, 0.25) is 0 Å². The summed E-state index contributed by atoms with van der Waals surface area (Å²) in [6.45, 7) is 40.0. The molecule has 0 saturated carbocycles. The number of likely N-dealkylation sites (tertiary alicyclic amines) is 5. The van der Waals surface area contributed by atoms with Crippen LogP contribution in [0.25, 0.3) is 0 Å². The van der Waals surface area contributed by atoms with Gasteiger partial charge in [-0.2, -0.15) is 0 Å². The summed E-state index contributed by atoms with van der Waals surface area (Å²) in [4.78, 5) is 15.6. The topological polar surface area (TPSA) is 83.3 Å². The van der Waals surface area contributed by atoms with E-state index in [4.69, 9.17) is 0 Å². The minimum absolute atomic E-state index is 0.216. The van der Waals surface area contributed by atoms with Crippen molar-refractivity contribution in [3.05, 3.63) is 6.33 Å². The SMILES string of the molecule is CC(C)(C)N1CCC(n2cnnn2)CC1.CC(C)(C)N1CCCCC1CO.CCCN1CC2CC1CN2C(C)(C)C.CN1C2CCC1CN(C(C)(C)C)C2. The van der Waals surface area contributed by atoms with Crippen LogP contribution in [-0.2, 0) is 0 Å². The molecule has 5 atom stereocenters. The molecular formula is C43H86N10O. The molecule has 6 aliphatic rings. The molecule has 6 saturated heterocycles. The van der Waals surface area contributed by atoms with Crippen molar-refractivity contribution in [1.82, 2.24) is 49.6 Å². The fraction of sp³-hybridized carbons (Fsp3) is 0.977. The van der Waals surface area contributed by atoms with Gasteiger partial charge in [0.1, 0.15) is 6.33 Å². The van der Waals surface area contributed by atoms with E-state index in [1.165, 1.54) is 71.2 Å². The Hall–Kier alpha value is -1.21. The van der Waals surface area contributed by atoms with Crippen LogP contribution >= 0.6 is 0 Å². The summed E-state index contributed by atoms with van der Waals surface area (Å²) in [5.41, 5.74) is 1.24. The number of tetrazole rings is 1. The molecule has 5 unspecified atom stereocenters. The maximum atomic E-state index is 9.18. The summed E-state index contributed by atoms with van der Waals surface area (Å²) < 4.78 is 1.89. The number of rotatable bonds is 4. The molecular weight excluding hydrogens is 673 g/mol. The molecule has 11 heteroatoms. The van der Waals surface area contributed by atoms with Crippen molar-refractivity contribution in [2.24, 2.45) is 0 Å². The number of likely N-dealkylation sites (N-methyl/N-ethyl adjacent to an activating group) is 1. The van der Waals surface area contributed by atoms with Crippen molar-refractivity contribution < 1.29 is 5.11 Å². The van der Waals surface area contributed by atoms with Gasteiger partial charge in [-0.05, 0) is 165 Å². The van der Waals surface area contributed by atoms with Crippen LogP contribution < -0.4 is 0 Å². The van der Waals surface area contributed by atoms with E-state index in [1.54, 1.807) is 6.33 Å². The van der Waals surface area contributed by atoms with Crippen molar-refractivity contribution in [3.8, 4) is 0 Å². The second-order valence-corrected chi connectivity index (χ2v) is 21.4. The van der Waals surface area contributed by atoms with Gasteiger partial charge in [-0.1, -0.05) is 13.3 Å². The molecule has 1 aromatic rings. The Labute approximate surface area is 332 Å². The van der Waals surface area contributed by atoms with Crippen molar-refractivity contribution in [1.29, 1.82) is 0 Å². The normalized spacial score (nSPS) is 29.6. The third kappa shape index (κ3) is 12.4. The first kappa shape index (κ1) is 45.5. The molecule has 7 rings (SSSR count). The molecule has 54 heavy (non-hydrogen) atoms. The zero-order valence-corrected chi connectivity index (χ0v) is 37.7. The molecule has 11 nitrogen and oxygen atoms in total. The molecule has 1 aromatic heterocycles. The average molecular weight is 759 g/mol. The summed E-state index contributed by atoms with van der Waals surface area (Å²) in [5, 5.41) is 20.5. The van der Waals surface area contributed by atoms with Crippen LogP contribution in [0.15, 0.2) is 6.33 Å². The van der Waals surface area contributed by atoms with Crippen LogP contribution in [0.4, 0.5) is 0 Å². The van der Waals surface area contributed by atoms with Crippen LogP contribution in [0.1, 0.15) is 154 Å². The third-order valence-corrected chi connectivity index (χ3v) is 13.4. The van der Waals surface area contributed by atoms with Crippen molar-refractivity contribution in [3.63, 3.8) is 0 Å². The smallest absolute Gasteiger partial charge is 0.138 e. The Morgan fingerprint density at radius 1 is 0.611 bits per heavy atom. The zero-order chi connectivity index (χ0) is 40.1. The molecule has 6 aliphatic heterocycles. The second kappa shape index (κ2) is 19.0. The van der Waals surface area contributed by atoms with E-state index in [1.807, 2.05) is 4.68 Å². The molecule has 0 spiro atoms. The minimum atomic E-state index is 0.216. The molecule has 0 aromatic carbocycles. The number of nitrogens with zero attached hydrogens (tertiary/aromatic N) is 10. The number of piperazine rings is 2. The fourth-order valence-corrected chi connectivity index (χ4v) is 10.0. The first-order valence-corrected chi connectivity index (χ1v) is 22.0. The molecule has 0 aliphatic carbocycles. The highest BCUT2D eigenvalue weighted by Crippen LogP contribution is 2.35. The zero-order valence-electron chi connectivity index (χ0n) is 37.7. The van der Waals surface area contributed by atoms with E-state index in [-0.39, 0.29) is 11.1 Å². The van der Waals surface area contributed by atoms with Gasteiger partial charge in [-0.25, -0.2) is 4.68 Å². The van der Waals surface area contributed by atoms with Gasteiger partial charge in [-0.15, -0.1) is 5.10 Å². The average Bonchev–Trinajstić information content (AvgIpc) is 3.89. The molecule has 314 valence electrons. The molecule has 0 radical (unpaired) electrons. The standard InChI is InChI=1S/C12H24N2.C11H22N2.C10H19N5.C10H21NO/c1-5-6-13-8-11-7-10(13)9-14(11)12(2,3)4;1-11(2,3)13-7-9-5-6-10(8-13)12(9)4;1-10(2,3)14-6-4-9(5-7-14)15-8-11-12-13-15;1-10(2,3)11-7-5-4-6-9(11)8-12/h10-11H,5-9H2,1-4H3;9-10H,5-8H2,1-4H3;8-9H,4-7H2,1-3H3;9,12H,4-8H2,1-3H3. The van der Waals surface area contributed by atoms with Crippen LogP contribution in [0.3, 0.4) is 0 Å². The molecule has 0 amide bonds. The van der Waals surface area contributed by atoms with Gasteiger partial charge in [0.05, 0.1) is 12.6 Å². The van der Waals surface area contributed by atoms with E-state index < -0.39 is 0 Å². The number of piperidine rings is 2. The van der Waals surface area contributed by atoms with Crippen molar-refractivity contribution >= 4 is 0 Å². The van der Waals surface area contributed by atoms with Crippen molar-refractivity contribution in [2.75, 3.05) is 66.0 Å². The largest absolute Gasteiger partial charge is 0.395 e. The predicted octanol–water partition coefficient (Wildman–Crippen LogP) is 6.26. The minimum Gasteiger partial charge on any atom is -0.395 e. The van der Waals surface area contributed by atoms with Crippen LogP contribution in [-0.4, -0.2) is 173 Å². The number of hydrogen-bond donors (Lipinski definition) is 1. The van der Waals surface area contributed by atoms with Crippen LogP contribution in [0, 0.1) is 0 Å². The highest BCUT2D eigenvalue weighted by Gasteiger charge is 2.46. The van der Waals surface area contributed by atoms with Gasteiger partial charge in [0, 0.05) is 91.6 Å². The Morgan fingerprint density at radius 3 is 1.63 bits per heavy atom. The van der Waals surface area contributed by atoms with E-state index in [2.05, 4.69) is 142 Å². The third-order valence-electron chi connectivity index (χ3n) is 13.4. The van der Waals surface area contributed by atoms with Gasteiger partial charge in [0.25, 0.3) is 0 Å². The first-order valence-electron chi connectivity index (χ1n) is 22.0. The molecule has 6 fully saturated rings. The van der Waals surface area contributed by atoms with Gasteiger partial charge < -0.3 is 5.11 Å². The summed E-state index contributed by atoms with van der Waals surface area (Å²) in [5.74, 6) is 0. The molecule has 4 bridgehead atoms. The number of aliphatic hydroxyl groups is 1. The Bertz CT molecular complexity index is 1190. The van der Waals surface area contributed by atoms with E-state index >= 15 is 0 Å². The Morgan fingerprint density at radius 2 is 1.20 bits per heavy atom. The number of fused-ring (bicyclic) bond motifs is 4. The highest BCUT2D eigenvalue weighted by atomic mass is 16.3. The highest BCUT2D eigenvalue weighted by molar-refractivity contribution is 5.03. The summed E-state index contributed by atoms with van der Waals surface area (Å²) in [7, 11) is 2.29. The summed E-state index contributed by atoms with van der Waals surface area (Å²) in [6, 6.07) is 4.25. The van der Waals surface area contributed by atoms with E-state index in [0.29, 0.717) is 29.8 Å². The van der Waals surface area contributed by atoms with Gasteiger partial charge in [-0.3, -0.25) is 29.4 Å². The number of aliphatic hydroxyl groups excluding tert-OH is 1. The van der Waals surface area contributed by atoms with E-state index in [9.17, 15) is 5.11 Å². The molecule has 1 N–H and O–H groups in total. The lowest BCUT2D eigenvalue weighted by atomic mass is 9.95. The summed E-state index contributed by atoms with van der Waals surface area (Å²) >= 11 is 0. The maximum absolute atomic E-state index is 9.18. The first-order chi connectivity index (χ1) is 25.1. The predicted molar refractivity (Wildman–Crippen MR) is 225 cm³/mol. The maximum Gasteiger partial charge on any atom is 0.138 e. The number of aromatic nitrogens is 4. The monoisotopic (exact) mass is 759 g/mol. The summed E-state index contributed by atoms with van der Waals surface area (Å²) in [6.07, 6.45) is 13.3. The van der Waals surface area contributed by atoms with Gasteiger partial charge in [0.15, 0.2) is 0 Å². The Kier molecular flexibility index (Phi) is 16.0. The fourth-order valence-electron chi connectivity index (χ4n) is 10.0. The lowest BCUT2D eigenvalue weighted by Crippen LogP contribution is -2.57. The van der Waals surface area contributed by atoms with Crippen LogP contribution in [0.5, 0.6) is 0 Å². The van der Waals surface area contributed by atoms with Crippen molar-refractivity contribution in [2.45, 2.75) is 206 Å². The number of hydrogen-bond acceptors (Lipinski definition) is 10. The molecule has 7 heterocycles. The van der Waals surface area contributed by atoms with Gasteiger partial charge >= 0.3 is 0 Å². The Balaban J connectivity index is 0.000000161. The van der Waals surface area contributed by atoms with Crippen LogP contribution in [0.2, 0.25) is 0 Å². The lowest BCUT2D eigenvalue weighted by Gasteiger charge is -2.45. The quantitative estimate of drug-likeness (QED) is 0.381. The second-order valence-electron chi connectivity index (χ2n) is 21.4. The lowest BCUT2D eigenvalue weighted by molar-refractivity contribution is 0.0203. The van der Waals surface area contributed by atoms with E-state index in [0.717, 1.165) is 63.1 Å².